The average molecular weight is 620 g/mol. The molecular weight excluding hydrogens is 579 g/mol. The van der Waals surface area contributed by atoms with Gasteiger partial charge in [-0.3, -0.25) is 14.5 Å². The monoisotopic (exact) mass is 619 g/mol. The molecule has 3 atom stereocenters. The molecule has 2 aromatic rings. The zero-order chi connectivity index (χ0) is 31.1. The normalized spacial score (nSPS) is 25.2. The van der Waals surface area contributed by atoms with Crippen molar-refractivity contribution in [2.45, 2.75) is 69.9 Å². The molecule has 3 aliphatic rings. The van der Waals surface area contributed by atoms with E-state index in [1.165, 1.54) is 13.2 Å². The fourth-order valence-electron chi connectivity index (χ4n) is 6.80. The summed E-state index contributed by atoms with van der Waals surface area (Å²) in [5.74, 6) is -4.70. The number of hydrogen-bond donors (Lipinski definition) is 0. The van der Waals surface area contributed by atoms with Gasteiger partial charge in [0.15, 0.2) is 0 Å². The summed E-state index contributed by atoms with van der Waals surface area (Å²) in [5.41, 5.74) is 1.17. The summed E-state index contributed by atoms with van der Waals surface area (Å²) in [6.07, 6.45) is 0.312. The van der Waals surface area contributed by atoms with Crippen molar-refractivity contribution < 1.29 is 27.5 Å². The van der Waals surface area contributed by atoms with Crippen LogP contribution in [0, 0.1) is 17.7 Å². The van der Waals surface area contributed by atoms with Gasteiger partial charge in [0, 0.05) is 74.0 Å². The number of likely N-dealkylation sites (tertiary alicyclic amines) is 1. The van der Waals surface area contributed by atoms with E-state index >= 15 is 4.39 Å². The summed E-state index contributed by atoms with van der Waals surface area (Å²) in [6, 6.07) is 11.8. The first-order valence-electron chi connectivity index (χ1n) is 15.1. The molecule has 234 valence electrons. The van der Waals surface area contributed by atoms with Crippen molar-refractivity contribution in [3.05, 3.63) is 64.4 Å². The predicted molar refractivity (Wildman–Crippen MR) is 160 cm³/mol. The van der Waals surface area contributed by atoms with Gasteiger partial charge in [-0.15, -0.1) is 0 Å². The van der Waals surface area contributed by atoms with E-state index in [9.17, 15) is 18.4 Å². The van der Waals surface area contributed by atoms with Crippen LogP contribution in [-0.2, 0) is 9.59 Å². The van der Waals surface area contributed by atoms with Crippen LogP contribution in [0.3, 0.4) is 0 Å². The predicted octanol–water partition coefficient (Wildman–Crippen LogP) is 6.54. The second-order valence-corrected chi connectivity index (χ2v) is 13.6. The maximum absolute atomic E-state index is 15.3. The third-order valence-corrected chi connectivity index (χ3v) is 9.63. The van der Waals surface area contributed by atoms with Crippen LogP contribution in [-0.4, -0.2) is 77.8 Å². The molecule has 0 N–H and O–H groups in total. The number of nitrogens with zero attached hydrogens (tertiary/aromatic N) is 3. The molecule has 2 aliphatic heterocycles. The Morgan fingerprint density at radius 1 is 0.977 bits per heavy atom. The molecule has 2 aromatic carbocycles. The third kappa shape index (κ3) is 6.83. The molecule has 0 spiro atoms. The molecule has 0 radical (unpaired) electrons. The molecule has 10 heteroatoms. The largest absolute Gasteiger partial charge is 0.497 e. The topological polar surface area (TPSA) is 53.1 Å². The van der Waals surface area contributed by atoms with Gasteiger partial charge in [0.25, 0.3) is 0 Å². The second-order valence-electron chi connectivity index (χ2n) is 13.2. The van der Waals surface area contributed by atoms with E-state index in [0.29, 0.717) is 48.8 Å². The number of rotatable bonds is 5. The number of methoxy groups -OCH3 is 1. The number of hydrogen-bond acceptors (Lipinski definition) is 4. The van der Waals surface area contributed by atoms with E-state index in [-0.39, 0.29) is 42.4 Å². The van der Waals surface area contributed by atoms with Crippen molar-refractivity contribution in [2.24, 2.45) is 11.8 Å². The highest BCUT2D eigenvalue weighted by atomic mass is 35.5. The molecule has 2 heterocycles. The molecular formula is C33H41ClF3N3O3. The molecule has 6 nitrogen and oxygen atoms in total. The van der Waals surface area contributed by atoms with Crippen LogP contribution in [0.15, 0.2) is 42.5 Å². The highest BCUT2D eigenvalue weighted by Crippen LogP contribution is 2.45. The maximum atomic E-state index is 15.3. The van der Waals surface area contributed by atoms with Gasteiger partial charge in [0.05, 0.1) is 19.1 Å². The Balaban J connectivity index is 1.39. The van der Waals surface area contributed by atoms with Crippen LogP contribution in [0.2, 0.25) is 5.02 Å². The van der Waals surface area contributed by atoms with Crippen LogP contribution in [0.1, 0.15) is 69.5 Å². The van der Waals surface area contributed by atoms with Gasteiger partial charge in [-0.2, -0.15) is 0 Å². The number of amides is 2. The van der Waals surface area contributed by atoms with Crippen LogP contribution in [0.25, 0.3) is 0 Å². The maximum Gasteiger partial charge on any atom is 0.249 e. The molecule has 5 rings (SSSR count). The minimum atomic E-state index is -2.81. The Kier molecular flexibility index (Phi) is 9.06. The van der Waals surface area contributed by atoms with E-state index in [1.807, 2.05) is 12.1 Å². The first-order valence-corrected chi connectivity index (χ1v) is 15.5. The highest BCUT2D eigenvalue weighted by molar-refractivity contribution is 6.30. The summed E-state index contributed by atoms with van der Waals surface area (Å²) < 4.78 is 48.0. The minimum absolute atomic E-state index is 0.0699. The molecule has 2 amide bonds. The Hall–Kier alpha value is -2.78. The molecule has 1 aliphatic carbocycles. The molecule has 0 aromatic heterocycles. The van der Waals surface area contributed by atoms with Crippen molar-refractivity contribution >= 4 is 23.4 Å². The summed E-state index contributed by atoms with van der Waals surface area (Å²) in [7, 11) is 1.49. The van der Waals surface area contributed by atoms with E-state index in [4.69, 9.17) is 16.3 Å². The molecule has 3 unspecified atom stereocenters. The summed E-state index contributed by atoms with van der Waals surface area (Å²) in [6.45, 7) is 8.29. The lowest BCUT2D eigenvalue weighted by Crippen LogP contribution is -2.52. The fraction of sp³-hybridized carbons (Fsp3) is 0.576. The first-order chi connectivity index (χ1) is 20.3. The van der Waals surface area contributed by atoms with Crippen molar-refractivity contribution in [3.63, 3.8) is 0 Å². The number of halogens is 4. The third-order valence-electron chi connectivity index (χ3n) is 9.37. The summed E-state index contributed by atoms with van der Waals surface area (Å²) >= 11 is 6.12. The van der Waals surface area contributed by atoms with Crippen LogP contribution >= 0.6 is 11.6 Å². The number of benzene rings is 2. The number of carbonyl (C=O) groups excluding carboxylic acids is 2. The fourth-order valence-corrected chi connectivity index (χ4v) is 6.93. The van der Waals surface area contributed by atoms with E-state index < -0.39 is 36.4 Å². The minimum Gasteiger partial charge on any atom is -0.497 e. The summed E-state index contributed by atoms with van der Waals surface area (Å²) in [4.78, 5) is 33.5. The van der Waals surface area contributed by atoms with Gasteiger partial charge in [-0.1, -0.05) is 29.8 Å². The lowest BCUT2D eigenvalue weighted by atomic mass is 9.79. The lowest BCUT2D eigenvalue weighted by molar-refractivity contribution is -0.163. The van der Waals surface area contributed by atoms with Gasteiger partial charge in [-0.05, 0) is 62.9 Å². The average Bonchev–Trinajstić information content (AvgIpc) is 3.38. The van der Waals surface area contributed by atoms with Crippen LogP contribution in [0.5, 0.6) is 5.75 Å². The SMILES string of the molecule is COc1ccc(C2CN(C(C)(C)C)CC2C(=O)N2CCCC(c3ccc(Cl)cc3)N(C(=O)C3CC(F)(F)C3)CC2)c(F)c1. The van der Waals surface area contributed by atoms with Gasteiger partial charge < -0.3 is 14.5 Å². The number of carbonyl (C=O) groups is 2. The molecule has 2 saturated heterocycles. The highest BCUT2D eigenvalue weighted by Gasteiger charge is 2.51. The van der Waals surface area contributed by atoms with Gasteiger partial charge in [0.1, 0.15) is 11.6 Å². The van der Waals surface area contributed by atoms with Crippen molar-refractivity contribution in [3.8, 4) is 5.75 Å². The van der Waals surface area contributed by atoms with Gasteiger partial charge in [-0.25, -0.2) is 13.2 Å². The second kappa shape index (κ2) is 12.3. The Morgan fingerprint density at radius 3 is 2.28 bits per heavy atom. The van der Waals surface area contributed by atoms with Crippen molar-refractivity contribution in [1.82, 2.24) is 14.7 Å². The van der Waals surface area contributed by atoms with Crippen LogP contribution < -0.4 is 4.74 Å². The Bertz CT molecular complexity index is 1320. The van der Waals surface area contributed by atoms with E-state index in [2.05, 4.69) is 25.7 Å². The van der Waals surface area contributed by atoms with Crippen molar-refractivity contribution in [1.29, 1.82) is 0 Å². The lowest BCUT2D eigenvalue weighted by Gasteiger charge is -2.43. The number of alkyl halides is 2. The molecule has 43 heavy (non-hydrogen) atoms. The van der Waals surface area contributed by atoms with E-state index in [1.54, 1.807) is 34.1 Å². The number of ether oxygens (including phenoxy) is 1. The first kappa shape index (κ1) is 31.6. The molecule has 0 bridgehead atoms. The zero-order valence-electron chi connectivity index (χ0n) is 25.3. The molecule has 3 fully saturated rings. The Labute approximate surface area is 257 Å². The Morgan fingerprint density at radius 2 is 1.67 bits per heavy atom. The van der Waals surface area contributed by atoms with Gasteiger partial charge >= 0.3 is 0 Å². The van der Waals surface area contributed by atoms with Gasteiger partial charge in [0.2, 0.25) is 17.7 Å². The standard InChI is InChI=1S/C33H41ClF3N3O3/c1-32(2,3)39-19-26(25-12-11-24(43-4)16-28(25)35)27(20-39)31(42)38-13-5-6-29(21-7-9-23(34)10-8-21)40(15-14-38)30(41)22-17-33(36,37)18-22/h7-12,16,22,26-27,29H,5-6,13-15,17-20H2,1-4H3. The smallest absolute Gasteiger partial charge is 0.249 e. The molecule has 1 saturated carbocycles. The quantitative estimate of drug-likeness (QED) is 0.382. The van der Waals surface area contributed by atoms with Crippen LogP contribution in [0.4, 0.5) is 13.2 Å². The van der Waals surface area contributed by atoms with E-state index in [0.717, 1.165) is 5.56 Å². The van der Waals surface area contributed by atoms with Crippen molar-refractivity contribution in [2.75, 3.05) is 39.8 Å². The summed E-state index contributed by atoms with van der Waals surface area (Å²) in [5, 5.41) is 0.576. The zero-order valence-corrected chi connectivity index (χ0v) is 26.0.